The zero-order valence-corrected chi connectivity index (χ0v) is 12.5. The number of nitrogens with one attached hydrogen (secondary N) is 1. The number of hydrogen-bond donors (Lipinski definition) is 1. The summed E-state index contributed by atoms with van der Waals surface area (Å²) in [6, 6.07) is 8.50. The molecule has 1 amide bonds. The Morgan fingerprint density at radius 2 is 2.13 bits per heavy atom. The lowest BCUT2D eigenvalue weighted by Crippen LogP contribution is -2.23. The zero-order chi connectivity index (χ0) is 16.2. The zero-order valence-electron chi connectivity index (χ0n) is 11.8. The van der Waals surface area contributed by atoms with Crippen molar-refractivity contribution in [1.29, 1.82) is 0 Å². The Kier molecular flexibility index (Phi) is 4.20. The molecule has 3 aromatic heterocycles. The molecule has 0 aliphatic carbocycles. The summed E-state index contributed by atoms with van der Waals surface area (Å²) in [5.41, 5.74) is 0.567. The average molecular weight is 331 g/mol. The Labute approximate surface area is 135 Å². The standard InChI is InChI=1S/C15H11ClN4O3/c16-10-4-5-13-18-7-12(14(21)20(13)8-10)19-15(22)23-9-11-3-1-2-6-17-11/h1-8H,9H2,(H,19,22). The lowest BCUT2D eigenvalue weighted by Gasteiger charge is -2.07. The van der Waals surface area contributed by atoms with Gasteiger partial charge in [-0.2, -0.15) is 0 Å². The van der Waals surface area contributed by atoms with Crippen molar-refractivity contribution in [3.63, 3.8) is 0 Å². The van der Waals surface area contributed by atoms with Crippen LogP contribution >= 0.6 is 11.6 Å². The minimum atomic E-state index is -0.767. The summed E-state index contributed by atoms with van der Waals surface area (Å²) in [6.07, 6.45) is 3.53. The summed E-state index contributed by atoms with van der Waals surface area (Å²) in [7, 11) is 0. The predicted octanol–water partition coefficient (Wildman–Crippen LogP) is 2.49. The highest BCUT2D eigenvalue weighted by Gasteiger charge is 2.10. The molecule has 1 N–H and O–H groups in total. The number of pyridine rings is 2. The molecule has 0 unspecified atom stereocenters. The maximum absolute atomic E-state index is 12.3. The molecule has 0 saturated carbocycles. The molecule has 0 aliphatic heterocycles. The molecule has 3 heterocycles. The van der Waals surface area contributed by atoms with Crippen LogP contribution in [0.25, 0.3) is 5.65 Å². The van der Waals surface area contributed by atoms with Crippen molar-refractivity contribution in [1.82, 2.24) is 14.4 Å². The summed E-state index contributed by atoms with van der Waals surface area (Å²) in [5.74, 6) is 0. The number of carbonyl (C=O) groups excluding carboxylic acids is 1. The first-order valence-electron chi connectivity index (χ1n) is 6.64. The number of rotatable bonds is 3. The first kappa shape index (κ1) is 15.0. The maximum atomic E-state index is 12.3. The molecule has 0 aromatic carbocycles. The smallest absolute Gasteiger partial charge is 0.412 e. The van der Waals surface area contributed by atoms with Crippen LogP contribution < -0.4 is 10.9 Å². The molecule has 0 fully saturated rings. The van der Waals surface area contributed by atoms with Gasteiger partial charge in [-0.3, -0.25) is 19.5 Å². The van der Waals surface area contributed by atoms with Gasteiger partial charge in [0.15, 0.2) is 0 Å². The second-order valence-electron chi connectivity index (χ2n) is 4.57. The fraction of sp³-hybridized carbons (Fsp3) is 0.0667. The molecule has 0 aliphatic rings. The Morgan fingerprint density at radius 1 is 1.26 bits per heavy atom. The number of aromatic nitrogens is 3. The topological polar surface area (TPSA) is 85.6 Å². The van der Waals surface area contributed by atoms with Crippen LogP contribution in [0.5, 0.6) is 0 Å². The van der Waals surface area contributed by atoms with Gasteiger partial charge in [-0.05, 0) is 24.3 Å². The number of halogens is 1. The molecule has 7 nitrogen and oxygen atoms in total. The van der Waals surface area contributed by atoms with E-state index in [1.165, 1.54) is 16.8 Å². The van der Waals surface area contributed by atoms with E-state index in [1.807, 2.05) is 0 Å². The lowest BCUT2D eigenvalue weighted by atomic mass is 10.4. The molecule has 23 heavy (non-hydrogen) atoms. The minimum Gasteiger partial charge on any atom is -0.443 e. The van der Waals surface area contributed by atoms with E-state index < -0.39 is 11.7 Å². The monoisotopic (exact) mass is 330 g/mol. The minimum absolute atomic E-state index is 0.000838. The Bertz CT molecular complexity index is 911. The fourth-order valence-electron chi connectivity index (χ4n) is 1.91. The van der Waals surface area contributed by atoms with Gasteiger partial charge in [0.25, 0.3) is 5.56 Å². The number of amides is 1. The van der Waals surface area contributed by atoms with Gasteiger partial charge in [-0.15, -0.1) is 0 Å². The third kappa shape index (κ3) is 3.46. The van der Waals surface area contributed by atoms with Crippen molar-refractivity contribution < 1.29 is 9.53 Å². The quantitative estimate of drug-likeness (QED) is 0.797. The highest BCUT2D eigenvalue weighted by Crippen LogP contribution is 2.09. The van der Waals surface area contributed by atoms with Crippen LogP contribution in [-0.2, 0) is 11.3 Å². The molecule has 0 bridgehead atoms. The molecule has 0 spiro atoms. The van der Waals surface area contributed by atoms with E-state index in [2.05, 4.69) is 15.3 Å². The molecule has 8 heteroatoms. The molecule has 0 saturated heterocycles. The van der Waals surface area contributed by atoms with E-state index in [-0.39, 0.29) is 12.3 Å². The van der Waals surface area contributed by atoms with Gasteiger partial charge in [0, 0.05) is 12.4 Å². The highest BCUT2D eigenvalue weighted by molar-refractivity contribution is 6.30. The number of fused-ring (bicyclic) bond motifs is 1. The van der Waals surface area contributed by atoms with Gasteiger partial charge in [0.1, 0.15) is 17.9 Å². The van der Waals surface area contributed by atoms with Gasteiger partial charge < -0.3 is 4.74 Å². The van der Waals surface area contributed by atoms with Crippen LogP contribution in [0.15, 0.2) is 53.7 Å². The van der Waals surface area contributed by atoms with Crippen molar-refractivity contribution in [2.45, 2.75) is 6.61 Å². The molecule has 116 valence electrons. The average Bonchev–Trinajstić information content (AvgIpc) is 2.57. The van der Waals surface area contributed by atoms with Crippen LogP contribution in [0.4, 0.5) is 10.5 Å². The SMILES string of the molecule is O=C(Nc1cnc2ccc(Cl)cn2c1=O)OCc1ccccn1. The van der Waals surface area contributed by atoms with Crippen molar-refractivity contribution in [3.8, 4) is 0 Å². The summed E-state index contributed by atoms with van der Waals surface area (Å²) >= 11 is 5.86. The van der Waals surface area contributed by atoms with E-state index in [0.29, 0.717) is 16.4 Å². The van der Waals surface area contributed by atoms with Crippen LogP contribution in [0, 0.1) is 0 Å². The van der Waals surface area contributed by atoms with E-state index in [1.54, 1.807) is 36.5 Å². The Hall–Kier alpha value is -2.93. The maximum Gasteiger partial charge on any atom is 0.412 e. The third-order valence-electron chi connectivity index (χ3n) is 2.98. The van der Waals surface area contributed by atoms with Gasteiger partial charge in [-0.25, -0.2) is 9.78 Å². The normalized spacial score (nSPS) is 10.5. The number of hydrogen-bond acceptors (Lipinski definition) is 5. The fourth-order valence-corrected chi connectivity index (χ4v) is 2.07. The van der Waals surface area contributed by atoms with Crippen molar-refractivity contribution in [2.75, 3.05) is 5.32 Å². The van der Waals surface area contributed by atoms with E-state index >= 15 is 0 Å². The van der Waals surface area contributed by atoms with Crippen molar-refractivity contribution in [2.24, 2.45) is 0 Å². The molecule has 0 radical (unpaired) electrons. The van der Waals surface area contributed by atoms with Gasteiger partial charge in [-0.1, -0.05) is 17.7 Å². The number of nitrogens with zero attached hydrogens (tertiary/aromatic N) is 3. The summed E-state index contributed by atoms with van der Waals surface area (Å²) in [6.45, 7) is 0.000838. The van der Waals surface area contributed by atoms with E-state index in [9.17, 15) is 9.59 Å². The summed E-state index contributed by atoms with van der Waals surface area (Å²) < 4.78 is 6.25. The van der Waals surface area contributed by atoms with Crippen molar-refractivity contribution >= 4 is 29.0 Å². The number of anilines is 1. The van der Waals surface area contributed by atoms with Gasteiger partial charge in [0.05, 0.1) is 16.9 Å². The molecule has 3 rings (SSSR count). The van der Waals surface area contributed by atoms with E-state index in [0.717, 1.165) is 0 Å². The number of carbonyl (C=O) groups is 1. The molecule has 0 atom stereocenters. The highest BCUT2D eigenvalue weighted by atomic mass is 35.5. The first-order chi connectivity index (χ1) is 11.1. The van der Waals surface area contributed by atoms with Gasteiger partial charge in [0.2, 0.25) is 0 Å². The molecular formula is C15H11ClN4O3. The van der Waals surface area contributed by atoms with Crippen LogP contribution in [0.2, 0.25) is 5.02 Å². The van der Waals surface area contributed by atoms with Gasteiger partial charge >= 0.3 is 6.09 Å². The Balaban J connectivity index is 1.75. The third-order valence-corrected chi connectivity index (χ3v) is 3.20. The van der Waals surface area contributed by atoms with Crippen LogP contribution in [-0.4, -0.2) is 20.5 Å². The second kappa shape index (κ2) is 6.45. The Morgan fingerprint density at radius 3 is 2.91 bits per heavy atom. The van der Waals surface area contributed by atoms with Crippen LogP contribution in [0.3, 0.4) is 0 Å². The lowest BCUT2D eigenvalue weighted by molar-refractivity contribution is 0.153. The molecule has 3 aromatic rings. The predicted molar refractivity (Wildman–Crippen MR) is 84.5 cm³/mol. The summed E-state index contributed by atoms with van der Waals surface area (Å²) in [4.78, 5) is 32.2. The first-order valence-corrected chi connectivity index (χ1v) is 7.02. The second-order valence-corrected chi connectivity index (χ2v) is 5.01. The van der Waals surface area contributed by atoms with Crippen molar-refractivity contribution in [3.05, 3.63) is 70.0 Å². The largest absolute Gasteiger partial charge is 0.443 e. The summed E-state index contributed by atoms with van der Waals surface area (Å²) in [5, 5.41) is 2.75. The van der Waals surface area contributed by atoms with Crippen LogP contribution in [0.1, 0.15) is 5.69 Å². The van der Waals surface area contributed by atoms with E-state index in [4.69, 9.17) is 16.3 Å². The molecular weight excluding hydrogens is 320 g/mol. The number of ether oxygens (including phenoxy) is 1.